The van der Waals surface area contributed by atoms with E-state index >= 15 is 0 Å². The van der Waals surface area contributed by atoms with E-state index in [0.29, 0.717) is 31.0 Å². The average molecular weight is 403 g/mol. The fourth-order valence-corrected chi connectivity index (χ4v) is 4.12. The van der Waals surface area contributed by atoms with Crippen LogP contribution in [0.25, 0.3) is 11.0 Å². The fourth-order valence-electron chi connectivity index (χ4n) is 4.12. The third kappa shape index (κ3) is 4.56. The zero-order chi connectivity index (χ0) is 20.8. The molecule has 1 aliphatic rings. The largest absolute Gasteiger partial charge is 0.395 e. The van der Waals surface area contributed by atoms with Gasteiger partial charge in [0.15, 0.2) is 0 Å². The first kappa shape index (κ1) is 21.2. The second-order valence-corrected chi connectivity index (χ2v) is 7.47. The molecular formula is C20H29N5O4. The Morgan fingerprint density at radius 1 is 1.48 bits per heavy atom. The van der Waals surface area contributed by atoms with Crippen LogP contribution in [-0.2, 0) is 16.1 Å². The first-order chi connectivity index (χ1) is 14.1. The highest BCUT2D eigenvalue weighted by Gasteiger charge is 2.37. The number of aromatic nitrogens is 3. The van der Waals surface area contributed by atoms with Gasteiger partial charge in [0.05, 0.1) is 42.3 Å². The van der Waals surface area contributed by atoms with Crippen molar-refractivity contribution in [1.29, 1.82) is 0 Å². The lowest BCUT2D eigenvalue weighted by Gasteiger charge is -2.29. The van der Waals surface area contributed by atoms with E-state index in [1.54, 1.807) is 12.4 Å². The molecular weight excluding hydrogens is 374 g/mol. The molecule has 9 nitrogen and oxygen atoms in total. The van der Waals surface area contributed by atoms with Crippen LogP contribution in [-0.4, -0.2) is 66.8 Å². The van der Waals surface area contributed by atoms with Crippen LogP contribution in [0.3, 0.4) is 0 Å². The maximum atomic E-state index is 13.3. The molecule has 158 valence electrons. The number of unbranched alkanes of at least 4 members (excludes halogenated alkanes) is 1. The zero-order valence-electron chi connectivity index (χ0n) is 16.8. The number of hydrogen-bond acceptors (Lipinski definition) is 6. The summed E-state index contributed by atoms with van der Waals surface area (Å²) in [5, 5.41) is 19.7. The lowest BCUT2D eigenvalue weighted by atomic mass is 9.99. The Bertz CT molecular complexity index is 839. The van der Waals surface area contributed by atoms with Crippen molar-refractivity contribution >= 4 is 23.4 Å². The van der Waals surface area contributed by atoms with Gasteiger partial charge in [0.2, 0.25) is 12.3 Å². The van der Waals surface area contributed by atoms with E-state index in [1.165, 1.54) is 0 Å². The highest BCUT2D eigenvalue weighted by atomic mass is 16.5. The number of fused-ring (bicyclic) bond motifs is 1. The quantitative estimate of drug-likeness (QED) is 0.355. The van der Waals surface area contributed by atoms with Crippen molar-refractivity contribution in [3.63, 3.8) is 0 Å². The minimum Gasteiger partial charge on any atom is -0.395 e. The highest BCUT2D eigenvalue weighted by molar-refractivity contribution is 5.80. The molecule has 2 atom stereocenters. The minimum atomic E-state index is -0.455. The smallest absolute Gasteiger partial charge is 0.233 e. The summed E-state index contributed by atoms with van der Waals surface area (Å²) in [6.07, 6.45) is 7.76. The third-order valence-corrected chi connectivity index (χ3v) is 5.52. The molecule has 0 aromatic carbocycles. The molecule has 2 N–H and O–H groups in total. The summed E-state index contributed by atoms with van der Waals surface area (Å²) in [6, 6.07) is 1.62. The molecule has 2 amide bonds. The van der Waals surface area contributed by atoms with Gasteiger partial charge in [-0.15, -0.1) is 0 Å². The number of hydroxylamine groups is 2. The summed E-state index contributed by atoms with van der Waals surface area (Å²) in [5.74, 6) is 0.226. The lowest BCUT2D eigenvalue weighted by Crippen LogP contribution is -2.41. The summed E-state index contributed by atoms with van der Waals surface area (Å²) >= 11 is 0. The van der Waals surface area contributed by atoms with Gasteiger partial charge in [-0.3, -0.25) is 19.8 Å². The number of nitrogens with zero attached hydrogens (tertiary/aromatic N) is 5. The van der Waals surface area contributed by atoms with Gasteiger partial charge in [-0.25, -0.2) is 10.0 Å². The lowest BCUT2D eigenvalue weighted by molar-refractivity contribution is -0.157. The monoisotopic (exact) mass is 403 g/mol. The number of pyridine rings is 1. The number of aliphatic hydroxyl groups excluding tert-OH is 1. The van der Waals surface area contributed by atoms with Gasteiger partial charge in [-0.2, -0.15) is 0 Å². The van der Waals surface area contributed by atoms with Crippen molar-refractivity contribution in [3.8, 4) is 0 Å². The Labute approximate surface area is 169 Å². The van der Waals surface area contributed by atoms with E-state index in [2.05, 4.69) is 4.98 Å². The molecule has 2 aromatic heterocycles. The molecule has 3 rings (SSSR count). The van der Waals surface area contributed by atoms with Crippen LogP contribution < -0.4 is 0 Å². The van der Waals surface area contributed by atoms with Crippen LogP contribution in [0.5, 0.6) is 0 Å². The summed E-state index contributed by atoms with van der Waals surface area (Å²) in [4.78, 5) is 34.9. The number of carbonyl (C=O) groups excluding carboxylic acids is 2. The van der Waals surface area contributed by atoms with Gasteiger partial charge in [0.25, 0.3) is 0 Å². The van der Waals surface area contributed by atoms with Crippen molar-refractivity contribution in [2.24, 2.45) is 5.92 Å². The van der Waals surface area contributed by atoms with E-state index in [0.717, 1.165) is 42.5 Å². The SMILES string of the molecule is CCCCC(CN(O)C=O)C(=O)N1CCCC1c1nc2ccncc2n1CCO. The predicted molar refractivity (Wildman–Crippen MR) is 106 cm³/mol. The number of likely N-dealkylation sites (tertiary alicyclic amines) is 1. The number of aliphatic hydroxyl groups is 1. The number of amides is 2. The molecule has 1 fully saturated rings. The molecule has 1 aliphatic heterocycles. The molecule has 2 unspecified atom stereocenters. The first-order valence-corrected chi connectivity index (χ1v) is 10.2. The number of imidazole rings is 1. The first-order valence-electron chi connectivity index (χ1n) is 10.2. The van der Waals surface area contributed by atoms with Crippen molar-refractivity contribution in [2.45, 2.75) is 51.6 Å². The Morgan fingerprint density at radius 3 is 3.03 bits per heavy atom. The summed E-state index contributed by atoms with van der Waals surface area (Å²) in [7, 11) is 0. The molecule has 2 aromatic rings. The second kappa shape index (κ2) is 9.80. The van der Waals surface area contributed by atoms with Crippen LogP contribution in [0.15, 0.2) is 18.5 Å². The molecule has 3 heterocycles. The van der Waals surface area contributed by atoms with Crippen LogP contribution >= 0.6 is 0 Å². The van der Waals surface area contributed by atoms with Crippen molar-refractivity contribution < 1.29 is 19.9 Å². The van der Waals surface area contributed by atoms with E-state index in [-0.39, 0.29) is 25.1 Å². The van der Waals surface area contributed by atoms with Gasteiger partial charge < -0.3 is 14.6 Å². The maximum absolute atomic E-state index is 13.3. The van der Waals surface area contributed by atoms with Crippen molar-refractivity contribution in [1.82, 2.24) is 24.5 Å². The Balaban J connectivity index is 1.90. The fraction of sp³-hybridized carbons (Fsp3) is 0.600. The van der Waals surface area contributed by atoms with Crippen LogP contribution in [0, 0.1) is 5.92 Å². The Kier molecular flexibility index (Phi) is 7.16. The Morgan fingerprint density at radius 2 is 2.31 bits per heavy atom. The Hall–Kier alpha value is -2.52. The van der Waals surface area contributed by atoms with Gasteiger partial charge >= 0.3 is 0 Å². The number of hydrogen-bond donors (Lipinski definition) is 2. The summed E-state index contributed by atoms with van der Waals surface area (Å²) in [6.45, 7) is 2.99. The van der Waals surface area contributed by atoms with E-state index < -0.39 is 5.92 Å². The van der Waals surface area contributed by atoms with Gasteiger partial charge in [0, 0.05) is 19.3 Å². The van der Waals surface area contributed by atoms with E-state index in [4.69, 9.17) is 4.98 Å². The molecule has 0 spiro atoms. The summed E-state index contributed by atoms with van der Waals surface area (Å²) in [5.41, 5.74) is 1.62. The highest BCUT2D eigenvalue weighted by Crippen LogP contribution is 2.35. The van der Waals surface area contributed by atoms with E-state index in [9.17, 15) is 19.9 Å². The molecule has 9 heteroatoms. The van der Waals surface area contributed by atoms with E-state index in [1.807, 2.05) is 22.5 Å². The molecule has 29 heavy (non-hydrogen) atoms. The summed E-state index contributed by atoms with van der Waals surface area (Å²) < 4.78 is 1.93. The van der Waals surface area contributed by atoms with Crippen molar-refractivity contribution in [2.75, 3.05) is 19.7 Å². The van der Waals surface area contributed by atoms with Crippen LogP contribution in [0.4, 0.5) is 0 Å². The number of carbonyl (C=O) groups is 2. The van der Waals surface area contributed by atoms with Gasteiger partial charge in [-0.05, 0) is 25.3 Å². The number of rotatable bonds is 10. The van der Waals surface area contributed by atoms with Crippen molar-refractivity contribution in [3.05, 3.63) is 24.3 Å². The van der Waals surface area contributed by atoms with Gasteiger partial charge in [0.1, 0.15) is 5.82 Å². The molecule has 0 aliphatic carbocycles. The zero-order valence-corrected chi connectivity index (χ0v) is 16.8. The molecule has 0 saturated carbocycles. The predicted octanol–water partition coefficient (Wildman–Crippen LogP) is 1.74. The van der Waals surface area contributed by atoms with Gasteiger partial charge in [-0.1, -0.05) is 19.8 Å². The standard InChI is InChI=1S/C20H29N5O4/c1-2-3-5-15(13-23(29)14-27)20(28)25-9-4-6-17(25)19-22-16-7-8-21-12-18(16)24(19)10-11-26/h7-8,12,14-15,17,26,29H,2-6,9-11,13H2,1H3. The van der Waals surface area contributed by atoms with Crippen LogP contribution in [0.1, 0.15) is 50.9 Å². The molecule has 0 radical (unpaired) electrons. The molecule has 0 bridgehead atoms. The molecule has 1 saturated heterocycles. The minimum absolute atomic E-state index is 0.0114. The van der Waals surface area contributed by atoms with Crippen LogP contribution in [0.2, 0.25) is 0 Å². The maximum Gasteiger partial charge on any atom is 0.233 e. The average Bonchev–Trinajstić information content (AvgIpc) is 3.35. The third-order valence-electron chi connectivity index (χ3n) is 5.52. The normalized spacial score (nSPS) is 17.6. The topological polar surface area (TPSA) is 112 Å². The second-order valence-electron chi connectivity index (χ2n) is 7.47.